The van der Waals surface area contributed by atoms with Crippen LogP contribution in [0.25, 0.3) is 0 Å². The van der Waals surface area contributed by atoms with Crippen LogP contribution in [0, 0.1) is 5.82 Å². The van der Waals surface area contributed by atoms with E-state index in [1.54, 1.807) is 37.3 Å². The number of amides is 1. The maximum atomic E-state index is 14.0. The van der Waals surface area contributed by atoms with Gasteiger partial charge in [-0.15, -0.1) is 0 Å². The Morgan fingerprint density at radius 1 is 1.25 bits per heavy atom. The molecule has 126 valence electrons. The molecule has 0 saturated heterocycles. The van der Waals surface area contributed by atoms with Gasteiger partial charge in [0.15, 0.2) is 0 Å². The Bertz CT molecular complexity index is 754. The second-order valence-electron chi connectivity index (χ2n) is 6.53. The fraction of sp³-hybridized carbons (Fsp3) is 0.316. The molecule has 1 atom stereocenters. The predicted molar refractivity (Wildman–Crippen MR) is 94.0 cm³/mol. The van der Waals surface area contributed by atoms with Crippen molar-refractivity contribution in [3.8, 4) is 0 Å². The molecule has 0 aromatic heterocycles. The van der Waals surface area contributed by atoms with Crippen LogP contribution >= 0.6 is 15.9 Å². The van der Waals surface area contributed by atoms with Crippen LogP contribution in [0.4, 0.5) is 4.39 Å². The van der Waals surface area contributed by atoms with E-state index in [2.05, 4.69) is 21.2 Å². The van der Waals surface area contributed by atoms with Crippen LogP contribution in [0.3, 0.4) is 0 Å². The minimum atomic E-state index is -1.19. The number of hydrogen-bond donors (Lipinski definition) is 2. The maximum absolute atomic E-state index is 14.0. The smallest absolute Gasteiger partial charge is 0.230 e. The number of rotatable bonds is 5. The Kier molecular flexibility index (Phi) is 4.49. The molecule has 2 N–H and O–H groups in total. The van der Waals surface area contributed by atoms with Gasteiger partial charge in [-0.25, -0.2) is 4.39 Å². The number of benzene rings is 2. The Morgan fingerprint density at radius 3 is 2.46 bits per heavy atom. The van der Waals surface area contributed by atoms with E-state index in [1.807, 2.05) is 12.1 Å². The van der Waals surface area contributed by atoms with Crippen LogP contribution in [0.15, 0.2) is 53.0 Å². The van der Waals surface area contributed by atoms with E-state index in [0.29, 0.717) is 24.0 Å². The number of aliphatic hydroxyl groups is 1. The standard InChI is InChI=1S/C19H19BrFNO2/c1-18(24,13-6-8-14(20)9-7-13)12-22-17(23)19(10-11-19)15-4-2-3-5-16(15)21/h2-9,24H,10-12H2,1H3,(H,22,23). The largest absolute Gasteiger partial charge is 0.384 e. The Labute approximate surface area is 149 Å². The lowest BCUT2D eigenvalue weighted by atomic mass is 9.92. The summed E-state index contributed by atoms with van der Waals surface area (Å²) in [5, 5.41) is 13.4. The lowest BCUT2D eigenvalue weighted by molar-refractivity contribution is -0.124. The second-order valence-corrected chi connectivity index (χ2v) is 7.44. The second kappa shape index (κ2) is 6.30. The van der Waals surface area contributed by atoms with Gasteiger partial charge >= 0.3 is 0 Å². The molecule has 3 rings (SSSR count). The molecule has 1 unspecified atom stereocenters. The van der Waals surface area contributed by atoms with Crippen molar-refractivity contribution in [2.45, 2.75) is 30.8 Å². The minimum Gasteiger partial charge on any atom is -0.384 e. The third-order valence-electron chi connectivity index (χ3n) is 4.63. The first kappa shape index (κ1) is 17.1. The fourth-order valence-electron chi connectivity index (χ4n) is 2.93. The molecular weight excluding hydrogens is 373 g/mol. The summed E-state index contributed by atoms with van der Waals surface area (Å²) < 4.78 is 14.9. The molecule has 1 aliphatic rings. The molecule has 0 radical (unpaired) electrons. The highest BCUT2D eigenvalue weighted by Gasteiger charge is 2.52. The zero-order chi connectivity index (χ0) is 17.4. The summed E-state index contributed by atoms with van der Waals surface area (Å²) in [4.78, 5) is 12.6. The highest BCUT2D eigenvalue weighted by atomic mass is 79.9. The molecule has 24 heavy (non-hydrogen) atoms. The average Bonchev–Trinajstić information content (AvgIpc) is 3.35. The van der Waals surface area contributed by atoms with Gasteiger partial charge in [0, 0.05) is 10.0 Å². The summed E-state index contributed by atoms with van der Waals surface area (Å²) in [5.74, 6) is -0.588. The van der Waals surface area contributed by atoms with E-state index >= 15 is 0 Å². The lowest BCUT2D eigenvalue weighted by Gasteiger charge is -2.26. The van der Waals surface area contributed by atoms with Gasteiger partial charge in [0.2, 0.25) is 5.91 Å². The van der Waals surface area contributed by atoms with E-state index in [4.69, 9.17) is 0 Å². The van der Waals surface area contributed by atoms with Crippen LogP contribution < -0.4 is 5.32 Å². The zero-order valence-corrected chi connectivity index (χ0v) is 14.9. The van der Waals surface area contributed by atoms with E-state index in [-0.39, 0.29) is 18.3 Å². The van der Waals surface area contributed by atoms with Gasteiger partial charge in [-0.2, -0.15) is 0 Å². The first-order valence-corrected chi connectivity index (χ1v) is 8.66. The van der Waals surface area contributed by atoms with E-state index in [1.165, 1.54) is 6.07 Å². The molecule has 1 fully saturated rings. The van der Waals surface area contributed by atoms with Crippen molar-refractivity contribution in [3.63, 3.8) is 0 Å². The topological polar surface area (TPSA) is 49.3 Å². The Balaban J connectivity index is 1.71. The number of halogens is 2. The summed E-state index contributed by atoms with van der Waals surface area (Å²) in [6.07, 6.45) is 1.25. The fourth-order valence-corrected chi connectivity index (χ4v) is 3.19. The van der Waals surface area contributed by atoms with Crippen molar-refractivity contribution >= 4 is 21.8 Å². The molecule has 0 bridgehead atoms. The highest BCUT2D eigenvalue weighted by Crippen LogP contribution is 2.49. The monoisotopic (exact) mass is 391 g/mol. The van der Waals surface area contributed by atoms with Crippen LogP contribution in [0.5, 0.6) is 0 Å². The molecule has 0 spiro atoms. The van der Waals surface area contributed by atoms with Gasteiger partial charge in [0.1, 0.15) is 11.4 Å². The quantitative estimate of drug-likeness (QED) is 0.817. The average molecular weight is 392 g/mol. The van der Waals surface area contributed by atoms with Gasteiger partial charge < -0.3 is 10.4 Å². The Hall–Kier alpha value is -1.72. The summed E-state index contributed by atoms with van der Waals surface area (Å²) in [6.45, 7) is 1.73. The van der Waals surface area contributed by atoms with Crippen molar-refractivity contribution in [3.05, 3.63) is 69.9 Å². The minimum absolute atomic E-state index is 0.0731. The van der Waals surface area contributed by atoms with Crippen LogP contribution in [-0.2, 0) is 15.8 Å². The third-order valence-corrected chi connectivity index (χ3v) is 5.16. The van der Waals surface area contributed by atoms with Crippen LogP contribution in [0.2, 0.25) is 0 Å². The molecule has 5 heteroatoms. The third kappa shape index (κ3) is 3.23. The molecule has 2 aromatic carbocycles. The van der Waals surface area contributed by atoms with Crippen molar-refractivity contribution in [2.24, 2.45) is 0 Å². The summed E-state index contributed by atoms with van der Waals surface area (Å²) >= 11 is 3.35. The van der Waals surface area contributed by atoms with Crippen molar-refractivity contribution < 1.29 is 14.3 Å². The molecule has 2 aromatic rings. The van der Waals surface area contributed by atoms with Crippen molar-refractivity contribution in [1.82, 2.24) is 5.32 Å². The summed E-state index contributed by atoms with van der Waals surface area (Å²) in [5.41, 5.74) is -0.837. The van der Waals surface area contributed by atoms with E-state index in [0.717, 1.165) is 4.47 Å². The number of carbonyl (C=O) groups is 1. The first-order chi connectivity index (χ1) is 11.3. The number of nitrogens with one attached hydrogen (secondary N) is 1. The Morgan fingerprint density at radius 2 is 1.88 bits per heavy atom. The van der Waals surface area contributed by atoms with Crippen LogP contribution in [0.1, 0.15) is 30.9 Å². The molecule has 1 aliphatic carbocycles. The molecule has 3 nitrogen and oxygen atoms in total. The normalized spacial score (nSPS) is 17.8. The summed E-state index contributed by atoms with van der Waals surface area (Å²) in [7, 11) is 0. The van der Waals surface area contributed by atoms with Gasteiger partial charge in [-0.1, -0.05) is 46.3 Å². The molecule has 1 amide bonds. The molecule has 0 heterocycles. The highest BCUT2D eigenvalue weighted by molar-refractivity contribution is 9.10. The van der Waals surface area contributed by atoms with Gasteiger partial charge in [0.05, 0.1) is 12.0 Å². The molecular formula is C19H19BrFNO2. The first-order valence-electron chi connectivity index (χ1n) is 7.87. The van der Waals surface area contributed by atoms with Crippen molar-refractivity contribution in [2.75, 3.05) is 6.54 Å². The van der Waals surface area contributed by atoms with Gasteiger partial charge in [0.25, 0.3) is 0 Å². The van der Waals surface area contributed by atoms with Gasteiger partial charge in [-0.3, -0.25) is 4.79 Å². The van der Waals surface area contributed by atoms with Crippen molar-refractivity contribution in [1.29, 1.82) is 0 Å². The summed E-state index contributed by atoms with van der Waals surface area (Å²) in [6, 6.07) is 13.7. The maximum Gasteiger partial charge on any atom is 0.230 e. The SMILES string of the molecule is CC(O)(CNC(=O)C1(c2ccccc2F)CC1)c1ccc(Br)cc1. The number of hydrogen-bond acceptors (Lipinski definition) is 2. The van der Waals surface area contributed by atoms with Gasteiger partial charge in [-0.05, 0) is 43.5 Å². The van der Waals surface area contributed by atoms with Crippen LogP contribution in [-0.4, -0.2) is 17.6 Å². The lowest BCUT2D eigenvalue weighted by Crippen LogP contribution is -2.43. The molecule has 0 aliphatic heterocycles. The predicted octanol–water partition coefficient (Wildman–Crippen LogP) is 3.64. The zero-order valence-electron chi connectivity index (χ0n) is 13.4. The number of carbonyl (C=O) groups excluding carboxylic acids is 1. The molecule has 1 saturated carbocycles. The van der Waals surface area contributed by atoms with E-state index < -0.39 is 11.0 Å². The van der Waals surface area contributed by atoms with E-state index in [9.17, 15) is 14.3 Å².